The van der Waals surface area contributed by atoms with Crippen molar-refractivity contribution in [3.05, 3.63) is 64.7 Å². The first-order valence-electron chi connectivity index (χ1n) is 7.27. The molecule has 21 heavy (non-hydrogen) atoms. The Hall–Kier alpha value is -1.51. The van der Waals surface area contributed by atoms with E-state index in [-0.39, 0.29) is 17.7 Å². The summed E-state index contributed by atoms with van der Waals surface area (Å²) in [6, 6.07) is 16.6. The fourth-order valence-electron chi connectivity index (χ4n) is 2.92. The summed E-state index contributed by atoms with van der Waals surface area (Å²) >= 11 is 5.96. The second-order valence-corrected chi connectivity index (χ2v) is 6.55. The van der Waals surface area contributed by atoms with Gasteiger partial charge in [-0.3, -0.25) is 5.32 Å². The van der Waals surface area contributed by atoms with E-state index in [1.807, 2.05) is 24.3 Å². The Morgan fingerprint density at radius 2 is 1.76 bits per heavy atom. The van der Waals surface area contributed by atoms with Gasteiger partial charge in [-0.1, -0.05) is 41.9 Å². The lowest BCUT2D eigenvalue weighted by Gasteiger charge is -2.30. The fourth-order valence-corrected chi connectivity index (χ4v) is 3.04. The van der Waals surface area contributed by atoms with Crippen LogP contribution in [0.25, 0.3) is 0 Å². The molecule has 2 aromatic rings. The van der Waals surface area contributed by atoms with Crippen molar-refractivity contribution in [3.63, 3.8) is 0 Å². The Balaban J connectivity index is 1.85. The highest BCUT2D eigenvalue weighted by atomic mass is 35.5. The SMILES string of the molecule is C[C@@H](NC1c2ccccc2OC1(C)C)c1ccc(Cl)cc1. The van der Waals surface area contributed by atoms with Crippen LogP contribution in [-0.2, 0) is 0 Å². The Morgan fingerprint density at radius 1 is 1.10 bits per heavy atom. The third-order valence-corrected chi connectivity index (χ3v) is 4.34. The summed E-state index contributed by atoms with van der Waals surface area (Å²) in [5.74, 6) is 0.975. The van der Waals surface area contributed by atoms with Gasteiger partial charge in [0.1, 0.15) is 11.4 Å². The highest BCUT2D eigenvalue weighted by Gasteiger charge is 2.41. The molecule has 0 saturated carbocycles. The van der Waals surface area contributed by atoms with Gasteiger partial charge in [0.25, 0.3) is 0 Å². The molecule has 2 aromatic carbocycles. The molecule has 1 unspecified atom stereocenters. The maximum Gasteiger partial charge on any atom is 0.125 e. The molecular weight excluding hydrogens is 282 g/mol. The molecule has 0 spiro atoms. The first kappa shape index (κ1) is 14.4. The Labute approximate surface area is 131 Å². The Bertz CT molecular complexity index is 636. The molecule has 110 valence electrons. The molecule has 2 atom stereocenters. The number of hydrogen-bond donors (Lipinski definition) is 1. The number of ether oxygens (including phenoxy) is 1. The predicted octanol–water partition coefficient (Wildman–Crippen LogP) is 4.90. The van der Waals surface area contributed by atoms with Gasteiger partial charge >= 0.3 is 0 Å². The van der Waals surface area contributed by atoms with Crippen LogP contribution in [0.3, 0.4) is 0 Å². The molecule has 0 fully saturated rings. The Morgan fingerprint density at radius 3 is 2.48 bits per heavy atom. The molecule has 0 amide bonds. The van der Waals surface area contributed by atoms with Crippen molar-refractivity contribution < 1.29 is 4.74 Å². The quantitative estimate of drug-likeness (QED) is 0.870. The van der Waals surface area contributed by atoms with Crippen molar-refractivity contribution in [3.8, 4) is 5.75 Å². The summed E-state index contributed by atoms with van der Waals surface area (Å²) < 4.78 is 6.08. The molecule has 0 radical (unpaired) electrons. The summed E-state index contributed by atoms with van der Waals surface area (Å²) in [4.78, 5) is 0. The molecule has 0 aliphatic carbocycles. The average Bonchev–Trinajstić information content (AvgIpc) is 2.70. The van der Waals surface area contributed by atoms with E-state index in [0.29, 0.717) is 0 Å². The van der Waals surface area contributed by atoms with E-state index in [2.05, 4.69) is 50.4 Å². The summed E-state index contributed by atoms with van der Waals surface area (Å²) in [6.07, 6.45) is 0. The first-order chi connectivity index (χ1) is 9.97. The summed E-state index contributed by atoms with van der Waals surface area (Å²) in [5, 5.41) is 4.46. The summed E-state index contributed by atoms with van der Waals surface area (Å²) in [5.41, 5.74) is 2.19. The number of fused-ring (bicyclic) bond motifs is 1. The van der Waals surface area contributed by atoms with Crippen LogP contribution < -0.4 is 10.1 Å². The minimum atomic E-state index is -0.260. The van der Waals surface area contributed by atoms with Crippen LogP contribution in [0.2, 0.25) is 5.02 Å². The average molecular weight is 302 g/mol. The van der Waals surface area contributed by atoms with E-state index in [1.165, 1.54) is 11.1 Å². The highest BCUT2D eigenvalue weighted by Crippen LogP contribution is 2.43. The molecule has 3 rings (SSSR count). The topological polar surface area (TPSA) is 21.3 Å². The summed E-state index contributed by atoms with van der Waals surface area (Å²) in [7, 11) is 0. The van der Waals surface area contributed by atoms with Crippen molar-refractivity contribution >= 4 is 11.6 Å². The maximum atomic E-state index is 6.08. The van der Waals surface area contributed by atoms with Gasteiger partial charge in [0.2, 0.25) is 0 Å². The Kier molecular flexibility index (Phi) is 3.68. The van der Waals surface area contributed by atoms with Gasteiger partial charge in [0, 0.05) is 16.6 Å². The number of hydrogen-bond acceptors (Lipinski definition) is 2. The number of rotatable bonds is 3. The van der Waals surface area contributed by atoms with Crippen molar-refractivity contribution in [1.82, 2.24) is 5.32 Å². The zero-order chi connectivity index (χ0) is 15.0. The number of halogens is 1. The number of benzene rings is 2. The van der Waals surface area contributed by atoms with Crippen molar-refractivity contribution in [2.24, 2.45) is 0 Å². The van der Waals surface area contributed by atoms with Gasteiger partial charge < -0.3 is 4.74 Å². The van der Waals surface area contributed by atoms with Gasteiger partial charge in [-0.2, -0.15) is 0 Å². The van der Waals surface area contributed by atoms with Crippen LogP contribution in [0.15, 0.2) is 48.5 Å². The van der Waals surface area contributed by atoms with Crippen LogP contribution in [0, 0.1) is 0 Å². The van der Waals surface area contributed by atoms with E-state index < -0.39 is 0 Å². The minimum Gasteiger partial charge on any atom is -0.486 e. The van der Waals surface area contributed by atoms with Crippen molar-refractivity contribution in [2.45, 2.75) is 38.5 Å². The van der Waals surface area contributed by atoms with E-state index in [0.717, 1.165) is 10.8 Å². The van der Waals surface area contributed by atoms with Gasteiger partial charge in [0.05, 0.1) is 6.04 Å². The van der Waals surface area contributed by atoms with Gasteiger partial charge in [-0.25, -0.2) is 0 Å². The standard InChI is InChI=1S/C18H20ClNO/c1-12(13-8-10-14(19)11-9-13)20-17-15-6-4-5-7-16(15)21-18(17,2)3/h4-12,17,20H,1-3H3/t12-,17?/m1/s1. The predicted molar refractivity (Wildman–Crippen MR) is 86.9 cm³/mol. The monoisotopic (exact) mass is 301 g/mol. The molecule has 1 aliphatic rings. The molecule has 0 bridgehead atoms. The van der Waals surface area contributed by atoms with Crippen LogP contribution in [0.5, 0.6) is 5.75 Å². The zero-order valence-electron chi connectivity index (χ0n) is 12.6. The lowest BCUT2D eigenvalue weighted by Crippen LogP contribution is -2.40. The lowest BCUT2D eigenvalue weighted by molar-refractivity contribution is 0.0919. The molecule has 1 aliphatic heterocycles. The van der Waals surface area contributed by atoms with Crippen LogP contribution in [-0.4, -0.2) is 5.60 Å². The summed E-state index contributed by atoms with van der Waals surface area (Å²) in [6.45, 7) is 6.42. The molecule has 1 N–H and O–H groups in total. The third kappa shape index (κ3) is 2.78. The van der Waals surface area contributed by atoms with Crippen LogP contribution in [0.1, 0.15) is 44.0 Å². The number of nitrogens with one attached hydrogen (secondary N) is 1. The molecule has 3 heteroatoms. The van der Waals surface area contributed by atoms with E-state index >= 15 is 0 Å². The zero-order valence-corrected chi connectivity index (χ0v) is 13.3. The normalized spacial score (nSPS) is 20.7. The van der Waals surface area contributed by atoms with Crippen molar-refractivity contribution in [1.29, 1.82) is 0 Å². The fraction of sp³-hybridized carbons (Fsp3) is 0.333. The molecular formula is C18H20ClNO. The van der Waals surface area contributed by atoms with Crippen molar-refractivity contribution in [2.75, 3.05) is 0 Å². The van der Waals surface area contributed by atoms with Gasteiger partial charge in [-0.15, -0.1) is 0 Å². The molecule has 2 nitrogen and oxygen atoms in total. The van der Waals surface area contributed by atoms with Gasteiger partial charge in [-0.05, 0) is 44.5 Å². The largest absolute Gasteiger partial charge is 0.486 e. The van der Waals surface area contributed by atoms with E-state index in [1.54, 1.807) is 0 Å². The number of para-hydroxylation sites is 1. The van der Waals surface area contributed by atoms with E-state index in [4.69, 9.17) is 16.3 Å². The molecule has 0 saturated heterocycles. The lowest BCUT2D eigenvalue weighted by atomic mass is 9.93. The second kappa shape index (κ2) is 5.36. The van der Waals surface area contributed by atoms with E-state index in [9.17, 15) is 0 Å². The third-order valence-electron chi connectivity index (χ3n) is 4.08. The smallest absolute Gasteiger partial charge is 0.125 e. The van der Waals surface area contributed by atoms with Crippen LogP contribution >= 0.6 is 11.6 Å². The second-order valence-electron chi connectivity index (χ2n) is 6.12. The minimum absolute atomic E-state index is 0.166. The maximum absolute atomic E-state index is 6.08. The van der Waals surface area contributed by atoms with Gasteiger partial charge in [0.15, 0.2) is 0 Å². The molecule has 1 heterocycles. The van der Waals surface area contributed by atoms with Crippen LogP contribution in [0.4, 0.5) is 0 Å². The molecule has 0 aromatic heterocycles. The highest BCUT2D eigenvalue weighted by molar-refractivity contribution is 6.30. The first-order valence-corrected chi connectivity index (χ1v) is 7.64.